The van der Waals surface area contributed by atoms with E-state index in [2.05, 4.69) is 17.1 Å². The van der Waals surface area contributed by atoms with Gasteiger partial charge in [-0.2, -0.15) is 0 Å². The SMILES string of the molecule is CN(CCCN1CCCCCC1)C(=O)[C@H]1[C@@H](N)[C@H]2C=C[C@@H]1C2.Cl.Cl. The first kappa shape index (κ1) is 21.8. The Morgan fingerprint density at radius 3 is 2.33 bits per heavy atom. The second kappa shape index (κ2) is 10.0. The summed E-state index contributed by atoms with van der Waals surface area (Å²) < 4.78 is 0. The summed E-state index contributed by atoms with van der Waals surface area (Å²) in [5, 5.41) is 0. The van der Waals surface area contributed by atoms with Crippen molar-refractivity contribution in [1.82, 2.24) is 9.80 Å². The molecule has 1 heterocycles. The number of allylic oxidation sites excluding steroid dienone is 1. The second-order valence-corrected chi connectivity index (χ2v) is 7.42. The molecule has 1 aliphatic heterocycles. The molecule has 0 aromatic heterocycles. The minimum atomic E-state index is 0. The molecule has 2 N–H and O–H groups in total. The van der Waals surface area contributed by atoms with Crippen LogP contribution in [0.4, 0.5) is 0 Å². The lowest BCUT2D eigenvalue weighted by Crippen LogP contribution is -2.45. The molecule has 1 saturated heterocycles. The third kappa shape index (κ3) is 4.87. The van der Waals surface area contributed by atoms with E-state index < -0.39 is 0 Å². The molecule has 4 nitrogen and oxygen atoms in total. The van der Waals surface area contributed by atoms with E-state index in [0.29, 0.717) is 11.8 Å². The summed E-state index contributed by atoms with van der Waals surface area (Å²) in [6, 6.07) is 0.0376. The highest BCUT2D eigenvalue weighted by molar-refractivity contribution is 5.85. The van der Waals surface area contributed by atoms with Crippen molar-refractivity contribution in [3.8, 4) is 0 Å². The van der Waals surface area contributed by atoms with Gasteiger partial charge in [0, 0.05) is 19.6 Å². The van der Waals surface area contributed by atoms with E-state index in [1.54, 1.807) is 0 Å². The molecule has 0 spiro atoms. The van der Waals surface area contributed by atoms with Gasteiger partial charge in [0.25, 0.3) is 0 Å². The van der Waals surface area contributed by atoms with Gasteiger partial charge >= 0.3 is 0 Å². The van der Waals surface area contributed by atoms with E-state index >= 15 is 0 Å². The van der Waals surface area contributed by atoms with Crippen LogP contribution in [0.2, 0.25) is 0 Å². The van der Waals surface area contributed by atoms with Crippen LogP contribution in [0.25, 0.3) is 0 Å². The minimum Gasteiger partial charge on any atom is -0.345 e. The topological polar surface area (TPSA) is 49.6 Å². The van der Waals surface area contributed by atoms with Crippen LogP contribution in [0.3, 0.4) is 0 Å². The van der Waals surface area contributed by atoms with Crippen molar-refractivity contribution >= 4 is 30.7 Å². The first-order valence-electron chi connectivity index (χ1n) is 9.08. The fraction of sp³-hybridized carbons (Fsp3) is 0.833. The zero-order valence-corrected chi connectivity index (χ0v) is 16.4. The molecule has 0 aromatic carbocycles. The molecule has 2 aliphatic carbocycles. The monoisotopic (exact) mass is 377 g/mol. The van der Waals surface area contributed by atoms with E-state index in [0.717, 1.165) is 25.9 Å². The highest BCUT2D eigenvalue weighted by Crippen LogP contribution is 2.43. The highest BCUT2D eigenvalue weighted by Gasteiger charge is 2.46. The van der Waals surface area contributed by atoms with E-state index in [9.17, 15) is 4.79 Å². The largest absolute Gasteiger partial charge is 0.345 e. The third-order valence-electron chi connectivity index (χ3n) is 5.85. The van der Waals surface area contributed by atoms with Gasteiger partial charge in [-0.05, 0) is 57.2 Å². The molecule has 6 heteroatoms. The van der Waals surface area contributed by atoms with Crippen LogP contribution in [0.5, 0.6) is 0 Å². The number of fused-ring (bicyclic) bond motifs is 2. The van der Waals surface area contributed by atoms with Gasteiger partial charge in [0.1, 0.15) is 0 Å². The normalized spacial score (nSPS) is 31.9. The Kier molecular flexibility index (Phi) is 9.07. The highest BCUT2D eigenvalue weighted by atomic mass is 35.5. The molecule has 1 saturated carbocycles. The van der Waals surface area contributed by atoms with Gasteiger partial charge in [-0.3, -0.25) is 4.79 Å². The third-order valence-corrected chi connectivity index (χ3v) is 5.85. The Morgan fingerprint density at radius 1 is 1.12 bits per heavy atom. The number of carbonyl (C=O) groups excluding carboxylic acids is 1. The number of halogens is 2. The van der Waals surface area contributed by atoms with Gasteiger partial charge in [-0.1, -0.05) is 25.0 Å². The van der Waals surface area contributed by atoms with Crippen LogP contribution in [0.1, 0.15) is 38.5 Å². The molecule has 2 bridgehead atoms. The van der Waals surface area contributed by atoms with Gasteiger partial charge in [0.05, 0.1) is 5.92 Å². The summed E-state index contributed by atoms with van der Waals surface area (Å²) in [4.78, 5) is 17.2. The number of hydrogen-bond acceptors (Lipinski definition) is 3. The quantitative estimate of drug-likeness (QED) is 0.749. The lowest BCUT2D eigenvalue weighted by molar-refractivity contribution is -0.135. The van der Waals surface area contributed by atoms with Crippen LogP contribution >= 0.6 is 24.8 Å². The summed E-state index contributed by atoms with van der Waals surface area (Å²) in [6.07, 6.45) is 12.0. The molecule has 3 rings (SSSR count). The molecule has 4 atom stereocenters. The fourth-order valence-corrected chi connectivity index (χ4v) is 4.46. The molecule has 2 fully saturated rings. The maximum absolute atomic E-state index is 12.7. The van der Waals surface area contributed by atoms with Gasteiger partial charge in [-0.25, -0.2) is 0 Å². The summed E-state index contributed by atoms with van der Waals surface area (Å²) in [7, 11) is 1.95. The number of rotatable bonds is 5. The van der Waals surface area contributed by atoms with Crippen molar-refractivity contribution in [3.63, 3.8) is 0 Å². The van der Waals surface area contributed by atoms with Crippen LogP contribution in [-0.4, -0.2) is 55.0 Å². The Bertz CT molecular complexity index is 424. The number of amides is 1. The van der Waals surface area contributed by atoms with Gasteiger partial charge in [0.2, 0.25) is 5.91 Å². The Morgan fingerprint density at radius 2 is 1.75 bits per heavy atom. The smallest absolute Gasteiger partial charge is 0.227 e. The number of likely N-dealkylation sites (tertiary alicyclic amines) is 1. The molecule has 0 aromatic rings. The first-order chi connectivity index (χ1) is 10.7. The van der Waals surface area contributed by atoms with Crippen LogP contribution in [-0.2, 0) is 4.79 Å². The maximum atomic E-state index is 12.7. The Labute approximate surface area is 159 Å². The van der Waals surface area contributed by atoms with Crippen molar-refractivity contribution < 1.29 is 4.79 Å². The van der Waals surface area contributed by atoms with Crippen molar-refractivity contribution in [2.75, 3.05) is 33.2 Å². The van der Waals surface area contributed by atoms with Gasteiger partial charge in [-0.15, -0.1) is 24.8 Å². The Hall–Kier alpha value is -0.290. The number of nitrogens with two attached hydrogens (primary N) is 1. The molecular formula is C18H33Cl2N3O. The van der Waals surface area contributed by atoms with Crippen molar-refractivity contribution in [1.29, 1.82) is 0 Å². The first-order valence-corrected chi connectivity index (χ1v) is 9.08. The van der Waals surface area contributed by atoms with Crippen molar-refractivity contribution in [2.24, 2.45) is 23.5 Å². The predicted molar refractivity (Wildman–Crippen MR) is 104 cm³/mol. The van der Waals surface area contributed by atoms with E-state index in [-0.39, 0.29) is 42.7 Å². The lowest BCUT2D eigenvalue weighted by Gasteiger charge is -2.29. The number of hydrogen-bond donors (Lipinski definition) is 1. The second-order valence-electron chi connectivity index (χ2n) is 7.42. The maximum Gasteiger partial charge on any atom is 0.227 e. The van der Waals surface area contributed by atoms with Crippen molar-refractivity contribution in [2.45, 2.75) is 44.6 Å². The van der Waals surface area contributed by atoms with E-state index in [4.69, 9.17) is 5.73 Å². The molecule has 140 valence electrons. The van der Waals surface area contributed by atoms with Crippen LogP contribution in [0.15, 0.2) is 12.2 Å². The average molecular weight is 378 g/mol. The summed E-state index contributed by atoms with van der Waals surface area (Å²) in [5.74, 6) is 1.11. The van der Waals surface area contributed by atoms with Gasteiger partial charge < -0.3 is 15.5 Å². The van der Waals surface area contributed by atoms with Crippen LogP contribution < -0.4 is 5.73 Å². The molecule has 24 heavy (non-hydrogen) atoms. The molecule has 0 unspecified atom stereocenters. The summed E-state index contributed by atoms with van der Waals surface area (Å²) in [5.41, 5.74) is 6.26. The summed E-state index contributed by atoms with van der Waals surface area (Å²) in [6.45, 7) is 4.46. The average Bonchev–Trinajstić information content (AvgIpc) is 2.99. The zero-order chi connectivity index (χ0) is 15.5. The van der Waals surface area contributed by atoms with Crippen LogP contribution in [0, 0.1) is 17.8 Å². The summed E-state index contributed by atoms with van der Waals surface area (Å²) >= 11 is 0. The standard InChI is InChI=1S/C18H31N3O.2ClH/c1-20(9-6-12-21-10-4-2-3-5-11-21)18(22)16-14-7-8-15(13-14)17(16)19;;/h7-8,14-17H,2-6,9-13,19H2,1H3;2*1H/t14-,15+,16-,17+;;/m1../s1. The zero-order valence-electron chi connectivity index (χ0n) is 14.7. The minimum absolute atomic E-state index is 0. The number of carbonyl (C=O) groups is 1. The van der Waals surface area contributed by atoms with E-state index in [1.165, 1.54) is 38.8 Å². The molecular weight excluding hydrogens is 345 g/mol. The fourth-order valence-electron chi connectivity index (χ4n) is 4.46. The molecule has 0 radical (unpaired) electrons. The molecule has 1 amide bonds. The van der Waals surface area contributed by atoms with Crippen molar-refractivity contribution in [3.05, 3.63) is 12.2 Å². The van der Waals surface area contributed by atoms with E-state index in [1.807, 2.05) is 11.9 Å². The predicted octanol–water partition coefficient (Wildman–Crippen LogP) is 2.70. The van der Waals surface area contributed by atoms with Gasteiger partial charge in [0.15, 0.2) is 0 Å². The number of nitrogens with zero attached hydrogens (tertiary/aromatic N) is 2. The Balaban J connectivity index is 0.00000144. The lowest BCUT2D eigenvalue weighted by atomic mass is 9.88. The molecule has 3 aliphatic rings.